The van der Waals surface area contributed by atoms with Crippen molar-refractivity contribution in [3.63, 3.8) is 0 Å². The molecule has 3 rings (SSSR count). The number of nitrogens with one attached hydrogen (secondary N) is 1. The molecule has 2 aliphatic heterocycles. The van der Waals surface area contributed by atoms with E-state index in [1.807, 2.05) is 0 Å². The molecule has 1 atom stereocenters. The van der Waals surface area contributed by atoms with Crippen LogP contribution in [0.2, 0.25) is 0 Å². The van der Waals surface area contributed by atoms with E-state index in [0.29, 0.717) is 18.2 Å². The third kappa shape index (κ3) is 5.25. The summed E-state index contributed by atoms with van der Waals surface area (Å²) in [5.74, 6) is 1.04. The van der Waals surface area contributed by atoms with Gasteiger partial charge >= 0.3 is 0 Å². The van der Waals surface area contributed by atoms with Crippen molar-refractivity contribution in [3.8, 4) is 0 Å². The second-order valence-corrected chi connectivity index (χ2v) is 9.31. The maximum absolute atomic E-state index is 12.4. The van der Waals surface area contributed by atoms with Gasteiger partial charge in [-0.2, -0.15) is 0 Å². The minimum absolute atomic E-state index is 0.128. The van der Waals surface area contributed by atoms with E-state index in [2.05, 4.69) is 41.3 Å². The zero-order chi connectivity index (χ0) is 17.9. The van der Waals surface area contributed by atoms with Crippen LogP contribution in [0.15, 0.2) is 5.38 Å². The highest BCUT2D eigenvalue weighted by atomic mass is 32.1. The summed E-state index contributed by atoms with van der Waals surface area (Å²) in [6, 6.07) is 0. The third-order valence-corrected chi connectivity index (χ3v) is 6.55. The molecule has 2 aliphatic rings. The molecule has 0 aliphatic carbocycles. The molecule has 0 spiro atoms. The van der Waals surface area contributed by atoms with Gasteiger partial charge in [0.2, 0.25) is 5.91 Å². The Morgan fingerprint density at radius 2 is 2.08 bits per heavy atom. The van der Waals surface area contributed by atoms with Crippen LogP contribution in [0.1, 0.15) is 50.7 Å². The number of hydrogen-bond acceptors (Lipinski definition) is 5. The van der Waals surface area contributed by atoms with Crippen molar-refractivity contribution in [1.29, 1.82) is 0 Å². The first-order valence-corrected chi connectivity index (χ1v) is 10.5. The average molecular weight is 365 g/mol. The van der Waals surface area contributed by atoms with Gasteiger partial charge in [-0.3, -0.25) is 9.69 Å². The molecule has 25 heavy (non-hydrogen) atoms. The largest absolute Gasteiger partial charge is 0.340 e. The molecule has 1 amide bonds. The summed E-state index contributed by atoms with van der Waals surface area (Å²) in [6.45, 7) is 13.4. The fraction of sp³-hybridized carbons (Fsp3) is 0.789. The summed E-state index contributed by atoms with van der Waals surface area (Å²) in [6.07, 6.45) is 2.99. The molecule has 0 aromatic carbocycles. The fourth-order valence-corrected chi connectivity index (χ4v) is 4.45. The van der Waals surface area contributed by atoms with Crippen LogP contribution in [0.4, 0.5) is 0 Å². The van der Waals surface area contributed by atoms with Crippen LogP contribution >= 0.6 is 11.3 Å². The van der Waals surface area contributed by atoms with Crippen molar-refractivity contribution in [2.75, 3.05) is 39.3 Å². The Hall–Kier alpha value is -0.980. The van der Waals surface area contributed by atoms with E-state index in [-0.39, 0.29) is 5.41 Å². The summed E-state index contributed by atoms with van der Waals surface area (Å²) >= 11 is 1.76. The Balaban J connectivity index is 1.40. The molecular formula is C19H32N4OS. The first-order chi connectivity index (χ1) is 11.9. The van der Waals surface area contributed by atoms with Gasteiger partial charge in [0.25, 0.3) is 0 Å². The van der Waals surface area contributed by atoms with Gasteiger partial charge in [-0.15, -0.1) is 11.3 Å². The van der Waals surface area contributed by atoms with Gasteiger partial charge in [-0.25, -0.2) is 4.98 Å². The molecule has 2 fully saturated rings. The van der Waals surface area contributed by atoms with Crippen LogP contribution in [0.3, 0.4) is 0 Å². The lowest BCUT2D eigenvalue weighted by Crippen LogP contribution is -2.48. The lowest BCUT2D eigenvalue weighted by molar-refractivity contribution is -0.133. The van der Waals surface area contributed by atoms with E-state index in [1.165, 1.54) is 17.1 Å². The van der Waals surface area contributed by atoms with Crippen LogP contribution in [0, 0.1) is 5.92 Å². The van der Waals surface area contributed by atoms with Crippen molar-refractivity contribution >= 4 is 17.2 Å². The van der Waals surface area contributed by atoms with Gasteiger partial charge in [0.15, 0.2) is 0 Å². The van der Waals surface area contributed by atoms with E-state index in [0.717, 1.165) is 52.2 Å². The maximum atomic E-state index is 12.4. The first kappa shape index (κ1) is 18.8. The topological polar surface area (TPSA) is 48.5 Å². The smallest absolute Gasteiger partial charge is 0.222 e. The van der Waals surface area contributed by atoms with Crippen LogP contribution in [0.25, 0.3) is 0 Å². The second-order valence-electron chi connectivity index (χ2n) is 8.45. The number of hydrogen-bond donors (Lipinski definition) is 1. The van der Waals surface area contributed by atoms with Crippen LogP contribution in [0.5, 0.6) is 0 Å². The molecule has 1 unspecified atom stereocenters. The second kappa shape index (κ2) is 8.14. The van der Waals surface area contributed by atoms with Gasteiger partial charge in [-0.1, -0.05) is 20.8 Å². The lowest BCUT2D eigenvalue weighted by Gasteiger charge is -2.34. The fourth-order valence-electron chi connectivity index (χ4n) is 3.56. The molecule has 3 heterocycles. The Kier molecular flexibility index (Phi) is 6.12. The van der Waals surface area contributed by atoms with Crippen LogP contribution in [-0.4, -0.2) is 60.0 Å². The summed E-state index contributed by atoms with van der Waals surface area (Å²) < 4.78 is 0. The Morgan fingerprint density at radius 1 is 1.32 bits per heavy atom. The van der Waals surface area contributed by atoms with E-state index < -0.39 is 0 Å². The van der Waals surface area contributed by atoms with Crippen LogP contribution in [-0.2, 0) is 16.8 Å². The number of carbonyl (C=O) groups is 1. The monoisotopic (exact) mass is 364 g/mol. The normalized spacial score (nSPS) is 22.5. The van der Waals surface area contributed by atoms with Crippen molar-refractivity contribution in [3.05, 3.63) is 16.1 Å². The maximum Gasteiger partial charge on any atom is 0.222 e. The average Bonchev–Trinajstić information content (AvgIpc) is 3.24. The number of piperazine rings is 1. The molecule has 1 N–H and O–H groups in total. The van der Waals surface area contributed by atoms with Crippen LogP contribution < -0.4 is 5.32 Å². The molecule has 1 aromatic rings. The molecule has 6 heteroatoms. The van der Waals surface area contributed by atoms with Crippen molar-refractivity contribution in [2.45, 2.75) is 52.0 Å². The third-order valence-electron chi connectivity index (χ3n) is 5.23. The molecule has 5 nitrogen and oxygen atoms in total. The minimum atomic E-state index is 0.128. The summed E-state index contributed by atoms with van der Waals surface area (Å²) in [4.78, 5) is 21.7. The quantitative estimate of drug-likeness (QED) is 0.872. The molecule has 0 bridgehead atoms. The van der Waals surface area contributed by atoms with E-state index >= 15 is 0 Å². The van der Waals surface area contributed by atoms with E-state index in [4.69, 9.17) is 4.98 Å². The predicted octanol–water partition coefficient (Wildman–Crippen LogP) is 2.47. The summed E-state index contributed by atoms with van der Waals surface area (Å²) in [7, 11) is 0. The predicted molar refractivity (Wildman–Crippen MR) is 103 cm³/mol. The Bertz CT molecular complexity index is 566. The zero-order valence-electron chi connectivity index (χ0n) is 15.9. The number of amides is 1. The van der Waals surface area contributed by atoms with Gasteiger partial charge in [0.05, 0.1) is 10.7 Å². The number of nitrogens with zero attached hydrogens (tertiary/aromatic N) is 3. The van der Waals surface area contributed by atoms with Gasteiger partial charge in [-0.05, 0) is 31.8 Å². The molecule has 1 aromatic heterocycles. The molecule has 140 valence electrons. The standard InChI is InChI=1S/C19H32N4OS/c1-19(2,3)18-21-16(14-25-18)13-22-8-10-23(11-9-22)17(24)5-4-15-6-7-20-12-15/h14-15,20H,4-13H2,1-3H3. The number of rotatable bonds is 5. The van der Waals surface area contributed by atoms with E-state index in [9.17, 15) is 4.79 Å². The number of aromatic nitrogens is 1. The molecule has 2 saturated heterocycles. The molecule has 0 radical (unpaired) electrons. The summed E-state index contributed by atoms with van der Waals surface area (Å²) in [5, 5.41) is 6.77. The van der Waals surface area contributed by atoms with Gasteiger partial charge < -0.3 is 10.2 Å². The van der Waals surface area contributed by atoms with Crippen molar-refractivity contribution in [1.82, 2.24) is 20.1 Å². The Morgan fingerprint density at radius 3 is 2.68 bits per heavy atom. The Labute approximate surface area is 155 Å². The number of thiazole rings is 1. The summed E-state index contributed by atoms with van der Waals surface area (Å²) in [5.41, 5.74) is 1.30. The molecular weight excluding hydrogens is 332 g/mol. The highest BCUT2D eigenvalue weighted by Crippen LogP contribution is 2.26. The molecule has 0 saturated carbocycles. The van der Waals surface area contributed by atoms with Gasteiger partial charge in [0, 0.05) is 49.9 Å². The lowest BCUT2D eigenvalue weighted by atomic mass is 9.98. The number of carbonyl (C=O) groups excluding carboxylic acids is 1. The minimum Gasteiger partial charge on any atom is -0.340 e. The van der Waals surface area contributed by atoms with E-state index in [1.54, 1.807) is 11.3 Å². The SMILES string of the molecule is CC(C)(C)c1nc(CN2CCN(C(=O)CCC3CCNC3)CC2)cs1. The zero-order valence-corrected chi connectivity index (χ0v) is 16.7. The highest BCUT2D eigenvalue weighted by Gasteiger charge is 2.24. The van der Waals surface area contributed by atoms with Gasteiger partial charge in [0.1, 0.15) is 0 Å². The first-order valence-electron chi connectivity index (χ1n) is 9.57. The van der Waals surface area contributed by atoms with Crippen molar-refractivity contribution < 1.29 is 4.79 Å². The van der Waals surface area contributed by atoms with Crippen molar-refractivity contribution in [2.24, 2.45) is 5.92 Å². The highest BCUT2D eigenvalue weighted by molar-refractivity contribution is 7.09.